The van der Waals surface area contributed by atoms with Gasteiger partial charge in [0.25, 0.3) is 5.91 Å². The lowest BCUT2D eigenvalue weighted by molar-refractivity contribution is -0.138. The molecule has 1 aromatic heterocycles. The second-order valence-corrected chi connectivity index (χ2v) is 5.90. The predicted molar refractivity (Wildman–Crippen MR) is 89.6 cm³/mol. The maximum absolute atomic E-state index is 13.0. The minimum atomic E-state index is -4.46. The normalized spacial score (nSPS) is 11.8. The SMILES string of the molecule is Cc1ccc(NC(=O)c2ccc3c(c2)nc(C)n3C)cc1C(F)(F)F. The van der Waals surface area contributed by atoms with E-state index in [4.69, 9.17) is 0 Å². The second kappa shape index (κ2) is 5.91. The van der Waals surface area contributed by atoms with Crippen molar-refractivity contribution in [2.75, 3.05) is 5.32 Å². The minimum Gasteiger partial charge on any atom is -0.331 e. The number of carbonyl (C=O) groups is 1. The number of hydrogen-bond donors (Lipinski definition) is 1. The standard InChI is InChI=1S/C18H16F3N3O/c1-10-4-6-13(9-14(10)18(19,20)21)23-17(25)12-5-7-16-15(8-12)22-11(2)24(16)3/h4-9H,1-3H3,(H,23,25). The summed E-state index contributed by atoms with van der Waals surface area (Å²) >= 11 is 0. The highest BCUT2D eigenvalue weighted by atomic mass is 19.4. The van der Waals surface area contributed by atoms with Crippen molar-refractivity contribution in [1.29, 1.82) is 0 Å². The number of fused-ring (bicyclic) bond motifs is 1. The molecule has 0 aliphatic carbocycles. The van der Waals surface area contributed by atoms with E-state index in [9.17, 15) is 18.0 Å². The average Bonchev–Trinajstić information content (AvgIpc) is 2.82. The van der Waals surface area contributed by atoms with Crippen molar-refractivity contribution in [3.8, 4) is 0 Å². The van der Waals surface area contributed by atoms with E-state index in [2.05, 4.69) is 10.3 Å². The molecule has 0 saturated heterocycles. The Morgan fingerprint density at radius 3 is 2.52 bits per heavy atom. The minimum absolute atomic E-state index is 0.0974. The number of benzene rings is 2. The molecule has 0 atom stereocenters. The Hall–Kier alpha value is -2.83. The zero-order chi connectivity index (χ0) is 18.4. The van der Waals surface area contributed by atoms with E-state index in [1.54, 1.807) is 18.2 Å². The van der Waals surface area contributed by atoms with Crippen molar-refractivity contribution in [1.82, 2.24) is 9.55 Å². The first-order chi connectivity index (χ1) is 11.7. The van der Waals surface area contributed by atoms with Crippen molar-refractivity contribution in [3.63, 3.8) is 0 Å². The lowest BCUT2D eigenvalue weighted by Crippen LogP contribution is -2.14. The predicted octanol–water partition coefficient (Wildman–Crippen LogP) is 4.46. The largest absolute Gasteiger partial charge is 0.416 e. The summed E-state index contributed by atoms with van der Waals surface area (Å²) in [4.78, 5) is 16.7. The molecule has 0 radical (unpaired) electrons. The van der Waals surface area contributed by atoms with Gasteiger partial charge in [-0.05, 0) is 49.7 Å². The Balaban J connectivity index is 1.90. The molecule has 0 saturated carbocycles. The van der Waals surface area contributed by atoms with Crippen LogP contribution in [-0.2, 0) is 13.2 Å². The maximum atomic E-state index is 13.0. The molecule has 0 aliphatic rings. The van der Waals surface area contributed by atoms with Gasteiger partial charge in [0.15, 0.2) is 0 Å². The quantitative estimate of drug-likeness (QED) is 0.744. The summed E-state index contributed by atoms with van der Waals surface area (Å²) in [6.45, 7) is 3.23. The van der Waals surface area contributed by atoms with Crippen molar-refractivity contribution in [3.05, 3.63) is 58.9 Å². The zero-order valence-electron chi connectivity index (χ0n) is 13.9. The van der Waals surface area contributed by atoms with Gasteiger partial charge in [0.2, 0.25) is 0 Å². The molecule has 0 fully saturated rings. The number of alkyl halides is 3. The summed E-state index contributed by atoms with van der Waals surface area (Å²) in [7, 11) is 1.87. The monoisotopic (exact) mass is 347 g/mol. The van der Waals surface area contributed by atoms with Crippen LogP contribution in [0.3, 0.4) is 0 Å². The molecule has 4 nitrogen and oxygen atoms in total. The smallest absolute Gasteiger partial charge is 0.331 e. The van der Waals surface area contributed by atoms with Gasteiger partial charge in [-0.1, -0.05) is 6.07 Å². The van der Waals surface area contributed by atoms with Gasteiger partial charge in [0.1, 0.15) is 5.82 Å². The fourth-order valence-corrected chi connectivity index (χ4v) is 2.67. The molecule has 0 spiro atoms. The number of nitrogens with zero attached hydrogens (tertiary/aromatic N) is 2. The van der Waals surface area contributed by atoms with Crippen LogP contribution in [0.25, 0.3) is 11.0 Å². The molecule has 3 rings (SSSR count). The number of aryl methyl sites for hydroxylation is 3. The molecular weight excluding hydrogens is 331 g/mol. The van der Waals surface area contributed by atoms with E-state index in [-0.39, 0.29) is 11.3 Å². The number of hydrogen-bond acceptors (Lipinski definition) is 2. The third-order valence-corrected chi connectivity index (χ3v) is 4.17. The molecule has 1 N–H and O–H groups in total. The number of aromatic nitrogens is 2. The first-order valence-electron chi connectivity index (χ1n) is 7.59. The van der Waals surface area contributed by atoms with Gasteiger partial charge in [-0.15, -0.1) is 0 Å². The van der Waals surface area contributed by atoms with Crippen molar-refractivity contribution >= 4 is 22.6 Å². The number of halogens is 3. The van der Waals surface area contributed by atoms with Crippen LogP contribution in [0, 0.1) is 13.8 Å². The number of anilines is 1. The van der Waals surface area contributed by atoms with Gasteiger partial charge in [0, 0.05) is 18.3 Å². The van der Waals surface area contributed by atoms with Gasteiger partial charge in [-0.3, -0.25) is 4.79 Å². The van der Waals surface area contributed by atoms with Crippen molar-refractivity contribution < 1.29 is 18.0 Å². The number of rotatable bonds is 2. The lowest BCUT2D eigenvalue weighted by atomic mass is 10.1. The van der Waals surface area contributed by atoms with E-state index in [1.807, 2.05) is 18.5 Å². The topological polar surface area (TPSA) is 46.9 Å². The van der Waals surface area contributed by atoms with E-state index >= 15 is 0 Å². The fraction of sp³-hybridized carbons (Fsp3) is 0.222. The molecule has 0 aliphatic heterocycles. The Morgan fingerprint density at radius 1 is 1.12 bits per heavy atom. The van der Waals surface area contributed by atoms with E-state index in [1.165, 1.54) is 19.1 Å². The van der Waals surface area contributed by atoms with Crippen molar-refractivity contribution in [2.45, 2.75) is 20.0 Å². The van der Waals surface area contributed by atoms with Gasteiger partial charge in [-0.2, -0.15) is 13.2 Å². The lowest BCUT2D eigenvalue weighted by Gasteiger charge is -2.13. The zero-order valence-corrected chi connectivity index (χ0v) is 13.9. The number of amides is 1. The van der Waals surface area contributed by atoms with Crippen LogP contribution in [0.5, 0.6) is 0 Å². The molecule has 25 heavy (non-hydrogen) atoms. The molecule has 2 aromatic carbocycles. The Morgan fingerprint density at radius 2 is 1.84 bits per heavy atom. The van der Waals surface area contributed by atoms with Crippen LogP contribution >= 0.6 is 0 Å². The van der Waals surface area contributed by atoms with Crippen LogP contribution in [-0.4, -0.2) is 15.5 Å². The maximum Gasteiger partial charge on any atom is 0.416 e. The first-order valence-corrected chi connectivity index (χ1v) is 7.59. The Kier molecular flexibility index (Phi) is 4.02. The van der Waals surface area contributed by atoms with E-state index in [0.717, 1.165) is 17.4 Å². The number of nitrogens with one attached hydrogen (secondary N) is 1. The van der Waals surface area contributed by atoms with E-state index < -0.39 is 17.6 Å². The van der Waals surface area contributed by atoms with Crippen LogP contribution < -0.4 is 5.32 Å². The Bertz CT molecular complexity index is 974. The summed E-state index contributed by atoms with van der Waals surface area (Å²) in [6, 6.07) is 8.74. The molecule has 0 bridgehead atoms. The molecule has 3 aromatic rings. The second-order valence-electron chi connectivity index (χ2n) is 5.90. The highest BCUT2D eigenvalue weighted by molar-refractivity contribution is 6.06. The highest BCUT2D eigenvalue weighted by Crippen LogP contribution is 2.33. The number of carbonyl (C=O) groups excluding carboxylic acids is 1. The third kappa shape index (κ3) is 3.22. The first kappa shape index (κ1) is 17.0. The summed E-state index contributed by atoms with van der Waals surface area (Å²) in [5.41, 5.74) is 1.31. The average molecular weight is 347 g/mol. The fourth-order valence-electron chi connectivity index (χ4n) is 2.67. The van der Waals surface area contributed by atoms with Gasteiger partial charge < -0.3 is 9.88 Å². The molecule has 7 heteroatoms. The third-order valence-electron chi connectivity index (χ3n) is 4.17. The summed E-state index contributed by atoms with van der Waals surface area (Å²) < 4.78 is 40.8. The Labute approximate surface area is 142 Å². The van der Waals surface area contributed by atoms with Crippen LogP contribution in [0.1, 0.15) is 27.3 Å². The van der Waals surface area contributed by atoms with Gasteiger partial charge in [-0.25, -0.2) is 4.98 Å². The summed E-state index contributed by atoms with van der Waals surface area (Å²) in [5.74, 6) is 0.322. The highest BCUT2D eigenvalue weighted by Gasteiger charge is 2.32. The van der Waals surface area contributed by atoms with Crippen LogP contribution in [0.4, 0.5) is 18.9 Å². The molecular formula is C18H16F3N3O. The van der Waals surface area contributed by atoms with Gasteiger partial charge in [0.05, 0.1) is 16.6 Å². The summed E-state index contributed by atoms with van der Waals surface area (Å²) in [6.07, 6.45) is -4.46. The molecule has 130 valence electrons. The molecule has 1 amide bonds. The van der Waals surface area contributed by atoms with Crippen LogP contribution in [0.15, 0.2) is 36.4 Å². The molecule has 1 heterocycles. The van der Waals surface area contributed by atoms with E-state index in [0.29, 0.717) is 11.1 Å². The van der Waals surface area contributed by atoms with Crippen LogP contribution in [0.2, 0.25) is 0 Å². The van der Waals surface area contributed by atoms with Crippen molar-refractivity contribution in [2.24, 2.45) is 7.05 Å². The summed E-state index contributed by atoms with van der Waals surface area (Å²) in [5, 5.41) is 2.51. The number of imidazole rings is 1. The van der Waals surface area contributed by atoms with Gasteiger partial charge >= 0.3 is 6.18 Å². The molecule has 0 unspecified atom stereocenters.